The minimum absolute atomic E-state index is 0.0313. The molecule has 2 heterocycles. The summed E-state index contributed by atoms with van der Waals surface area (Å²) < 4.78 is 36.8. The zero-order valence-corrected chi connectivity index (χ0v) is 16.0. The maximum atomic E-state index is 13.0. The largest absolute Gasteiger partial charge is 0.464 e. The molecule has 0 spiro atoms. The molecule has 1 N–H and O–H groups in total. The van der Waals surface area contributed by atoms with Gasteiger partial charge < -0.3 is 14.8 Å². The molecule has 0 fully saturated rings. The van der Waals surface area contributed by atoms with Crippen LogP contribution in [0.15, 0.2) is 15.7 Å². The van der Waals surface area contributed by atoms with Crippen molar-refractivity contribution < 1.29 is 27.5 Å². The molecule has 1 aliphatic heterocycles. The molecule has 2 rings (SSSR count). The van der Waals surface area contributed by atoms with Crippen molar-refractivity contribution in [1.29, 1.82) is 0 Å². The summed E-state index contributed by atoms with van der Waals surface area (Å²) in [6.07, 6.45) is 0. The van der Waals surface area contributed by atoms with Crippen molar-refractivity contribution in [3.8, 4) is 0 Å². The van der Waals surface area contributed by atoms with E-state index in [2.05, 4.69) is 5.32 Å². The van der Waals surface area contributed by atoms with Gasteiger partial charge in [-0.2, -0.15) is 4.31 Å². The third kappa shape index (κ3) is 3.86. The first-order valence-corrected chi connectivity index (χ1v) is 10.4. The van der Waals surface area contributed by atoms with Crippen LogP contribution in [-0.2, 0) is 29.1 Å². The lowest BCUT2D eigenvalue weighted by Crippen LogP contribution is -2.55. The minimum atomic E-state index is -4.01. The number of carbonyl (C=O) groups excluding carboxylic acids is 2. The van der Waals surface area contributed by atoms with Gasteiger partial charge in [-0.05, 0) is 31.8 Å². The molecule has 10 heteroatoms. The lowest BCUT2D eigenvalue weighted by Gasteiger charge is -2.35. The highest BCUT2D eigenvalue weighted by molar-refractivity contribution is 7.91. The summed E-state index contributed by atoms with van der Waals surface area (Å²) in [7, 11) is -4.01. The van der Waals surface area contributed by atoms with Crippen LogP contribution in [0.3, 0.4) is 0 Å². The Morgan fingerprint density at radius 2 is 1.88 bits per heavy atom. The van der Waals surface area contributed by atoms with Gasteiger partial charge in [-0.25, -0.2) is 18.0 Å². The third-order valence-corrected chi connectivity index (χ3v) is 7.02. The monoisotopic (exact) mass is 390 g/mol. The van der Waals surface area contributed by atoms with Crippen molar-refractivity contribution in [3.63, 3.8) is 0 Å². The fourth-order valence-electron chi connectivity index (χ4n) is 2.70. The normalized spacial score (nSPS) is 19.4. The fraction of sp³-hybridized carbons (Fsp3) is 0.600. The second kappa shape index (κ2) is 8.26. The number of fused-ring (bicyclic) bond motifs is 1. The summed E-state index contributed by atoms with van der Waals surface area (Å²) in [5.74, 6) is -1.86. The lowest BCUT2D eigenvalue weighted by molar-refractivity contribution is -0.161. The molecule has 25 heavy (non-hydrogen) atoms. The summed E-state index contributed by atoms with van der Waals surface area (Å²) in [5, 5.41) is 4.87. The van der Waals surface area contributed by atoms with Crippen LogP contribution in [0.25, 0.3) is 0 Å². The van der Waals surface area contributed by atoms with Crippen molar-refractivity contribution in [1.82, 2.24) is 9.62 Å². The molecule has 1 aromatic rings. The van der Waals surface area contributed by atoms with E-state index >= 15 is 0 Å². The first-order valence-electron chi connectivity index (χ1n) is 8.04. The highest BCUT2D eigenvalue weighted by Gasteiger charge is 2.48. The molecule has 0 saturated heterocycles. The quantitative estimate of drug-likeness (QED) is 0.545. The van der Waals surface area contributed by atoms with Gasteiger partial charge in [-0.3, -0.25) is 0 Å². The SMILES string of the molecule is CCNC1CN(C(C(=O)OCC)C(=O)OCC)S(=O)(=O)c2sccc21. The summed E-state index contributed by atoms with van der Waals surface area (Å²) in [4.78, 5) is 24.6. The van der Waals surface area contributed by atoms with E-state index < -0.39 is 28.0 Å². The Morgan fingerprint density at radius 1 is 1.28 bits per heavy atom. The average Bonchev–Trinajstić information content (AvgIpc) is 3.04. The van der Waals surface area contributed by atoms with E-state index in [1.54, 1.807) is 25.3 Å². The van der Waals surface area contributed by atoms with Crippen molar-refractivity contribution >= 4 is 33.3 Å². The maximum absolute atomic E-state index is 13.0. The number of carbonyl (C=O) groups is 2. The van der Waals surface area contributed by atoms with E-state index in [4.69, 9.17) is 9.47 Å². The van der Waals surface area contributed by atoms with Crippen molar-refractivity contribution in [2.45, 2.75) is 37.1 Å². The van der Waals surface area contributed by atoms with Gasteiger partial charge in [0.05, 0.1) is 13.2 Å². The van der Waals surface area contributed by atoms with Crippen molar-refractivity contribution in [2.75, 3.05) is 26.3 Å². The van der Waals surface area contributed by atoms with Gasteiger partial charge in [0.15, 0.2) is 0 Å². The number of rotatable bonds is 7. The number of hydrogen-bond acceptors (Lipinski definition) is 8. The van der Waals surface area contributed by atoms with Crippen LogP contribution in [0.5, 0.6) is 0 Å². The molecule has 1 aromatic heterocycles. The molecule has 1 unspecified atom stereocenters. The molecule has 0 saturated carbocycles. The first-order chi connectivity index (χ1) is 11.9. The Kier molecular flexibility index (Phi) is 6.55. The van der Waals surface area contributed by atoms with Gasteiger partial charge >= 0.3 is 11.9 Å². The van der Waals surface area contributed by atoms with Crippen molar-refractivity contribution in [3.05, 3.63) is 17.0 Å². The van der Waals surface area contributed by atoms with E-state index in [0.717, 1.165) is 15.6 Å². The minimum Gasteiger partial charge on any atom is -0.464 e. The van der Waals surface area contributed by atoms with Crippen LogP contribution < -0.4 is 5.32 Å². The van der Waals surface area contributed by atoms with E-state index in [1.165, 1.54) is 0 Å². The number of esters is 2. The number of nitrogens with zero attached hydrogens (tertiary/aromatic N) is 1. The Balaban J connectivity index is 2.49. The predicted molar refractivity (Wildman–Crippen MR) is 91.7 cm³/mol. The molecular formula is C15H22N2O6S2. The Bertz CT molecular complexity index is 712. The Hall–Kier alpha value is -1.49. The molecule has 1 atom stereocenters. The molecule has 1 aliphatic rings. The topological polar surface area (TPSA) is 102 Å². The van der Waals surface area contributed by atoms with E-state index in [1.807, 2.05) is 6.92 Å². The molecule has 0 radical (unpaired) electrons. The maximum Gasteiger partial charge on any atom is 0.336 e. The summed E-state index contributed by atoms with van der Waals surface area (Å²) >= 11 is 1.06. The molecule has 140 valence electrons. The van der Waals surface area contributed by atoms with Crippen LogP contribution in [0, 0.1) is 0 Å². The van der Waals surface area contributed by atoms with Crippen LogP contribution in [0.2, 0.25) is 0 Å². The number of likely N-dealkylation sites (N-methyl/N-ethyl adjacent to an activating group) is 1. The van der Waals surface area contributed by atoms with Gasteiger partial charge in [0.25, 0.3) is 10.0 Å². The lowest BCUT2D eigenvalue weighted by atomic mass is 10.1. The zero-order chi connectivity index (χ0) is 18.6. The molecule has 0 aromatic carbocycles. The molecule has 0 bridgehead atoms. The van der Waals surface area contributed by atoms with E-state index in [-0.39, 0.29) is 30.0 Å². The molecule has 0 aliphatic carbocycles. The van der Waals surface area contributed by atoms with Crippen LogP contribution in [-0.4, -0.2) is 57.0 Å². The summed E-state index contributed by atoms with van der Waals surface area (Å²) in [5.41, 5.74) is 0.648. The highest BCUT2D eigenvalue weighted by Crippen LogP contribution is 2.37. The number of hydrogen-bond donors (Lipinski definition) is 1. The fourth-order valence-corrected chi connectivity index (χ4v) is 5.84. The molecule has 8 nitrogen and oxygen atoms in total. The first kappa shape index (κ1) is 19.8. The second-order valence-electron chi connectivity index (χ2n) is 5.26. The summed E-state index contributed by atoms with van der Waals surface area (Å²) in [6.45, 7) is 5.69. The number of nitrogens with one attached hydrogen (secondary N) is 1. The van der Waals surface area contributed by atoms with Gasteiger partial charge in [0, 0.05) is 18.2 Å². The van der Waals surface area contributed by atoms with Crippen LogP contribution in [0.4, 0.5) is 0 Å². The van der Waals surface area contributed by atoms with E-state index in [9.17, 15) is 18.0 Å². The highest BCUT2D eigenvalue weighted by atomic mass is 32.2. The number of thiophene rings is 1. The predicted octanol–water partition coefficient (Wildman–Crippen LogP) is 0.898. The Morgan fingerprint density at radius 3 is 2.40 bits per heavy atom. The van der Waals surface area contributed by atoms with Crippen molar-refractivity contribution in [2.24, 2.45) is 0 Å². The smallest absolute Gasteiger partial charge is 0.336 e. The second-order valence-corrected chi connectivity index (χ2v) is 8.26. The van der Waals surface area contributed by atoms with Gasteiger partial charge in [-0.15, -0.1) is 11.3 Å². The van der Waals surface area contributed by atoms with Gasteiger partial charge in [-0.1, -0.05) is 6.92 Å². The van der Waals surface area contributed by atoms with Crippen LogP contribution in [0.1, 0.15) is 32.4 Å². The van der Waals surface area contributed by atoms with E-state index in [0.29, 0.717) is 12.1 Å². The number of ether oxygens (including phenoxy) is 2. The number of sulfonamides is 1. The van der Waals surface area contributed by atoms with Gasteiger partial charge in [0.2, 0.25) is 6.04 Å². The average molecular weight is 390 g/mol. The van der Waals surface area contributed by atoms with Gasteiger partial charge in [0.1, 0.15) is 4.21 Å². The zero-order valence-electron chi connectivity index (χ0n) is 14.4. The summed E-state index contributed by atoms with van der Waals surface area (Å²) in [6, 6.07) is -0.228. The standard InChI is InChI=1S/C15H22N2O6S2/c1-4-16-11-9-17(25(20,21)15-10(11)7-8-24-15)12(13(18)22-5-2)14(19)23-6-3/h7-8,11-12,16H,4-6,9H2,1-3H3. The molecule has 0 amide bonds. The van der Waals surface area contributed by atoms with Crippen LogP contribution >= 0.6 is 11.3 Å². The third-order valence-electron chi connectivity index (χ3n) is 3.70. The Labute approximate surface area is 151 Å². The molecular weight excluding hydrogens is 368 g/mol.